The molecule has 0 unspecified atom stereocenters. The maximum Gasteiger partial charge on any atom is 0.273 e. The van der Waals surface area contributed by atoms with E-state index in [1.165, 1.54) is 19.2 Å². The first kappa shape index (κ1) is 14.9. The Morgan fingerprint density at radius 3 is 2.68 bits per heavy atom. The summed E-state index contributed by atoms with van der Waals surface area (Å²) in [5.41, 5.74) is 2.37. The molecule has 7 heteroatoms. The van der Waals surface area contributed by atoms with Crippen molar-refractivity contribution >= 4 is 16.7 Å². The average Bonchev–Trinajstić information content (AvgIpc) is 3.27. The third kappa shape index (κ3) is 2.61. The first-order chi connectivity index (χ1) is 12.2. The number of nitro groups is 1. The van der Waals surface area contributed by atoms with Crippen LogP contribution in [0.2, 0.25) is 0 Å². The van der Waals surface area contributed by atoms with Gasteiger partial charge < -0.3 is 14.1 Å². The average molecular weight is 335 g/mol. The number of hydrogen-bond acceptors (Lipinski definition) is 5. The summed E-state index contributed by atoms with van der Waals surface area (Å²) < 4.78 is 11.2. The van der Waals surface area contributed by atoms with Gasteiger partial charge in [0.2, 0.25) is 0 Å². The summed E-state index contributed by atoms with van der Waals surface area (Å²) >= 11 is 0. The van der Waals surface area contributed by atoms with Crippen molar-refractivity contribution < 1.29 is 14.1 Å². The molecule has 0 aliphatic carbocycles. The maximum atomic E-state index is 10.9. The third-order valence-corrected chi connectivity index (χ3v) is 3.89. The van der Waals surface area contributed by atoms with Crippen LogP contribution in [0.4, 0.5) is 5.69 Å². The summed E-state index contributed by atoms with van der Waals surface area (Å²) in [6, 6.07) is 15.7. The highest BCUT2D eigenvalue weighted by Gasteiger charge is 2.17. The molecule has 0 amide bonds. The highest BCUT2D eigenvalue weighted by Crippen LogP contribution is 2.36. The smallest absolute Gasteiger partial charge is 0.273 e. The van der Waals surface area contributed by atoms with Gasteiger partial charge in [-0.05, 0) is 30.3 Å². The number of aromatic nitrogens is 2. The molecule has 7 nitrogen and oxygen atoms in total. The van der Waals surface area contributed by atoms with Crippen molar-refractivity contribution in [2.24, 2.45) is 0 Å². The predicted octanol–water partition coefficient (Wildman–Crippen LogP) is 4.41. The number of ether oxygens (including phenoxy) is 1. The van der Waals surface area contributed by atoms with Crippen molar-refractivity contribution in [3.63, 3.8) is 0 Å². The largest absolute Gasteiger partial charge is 0.496 e. The number of methoxy groups -OCH3 is 1. The zero-order chi connectivity index (χ0) is 17.4. The van der Waals surface area contributed by atoms with Crippen LogP contribution in [0.25, 0.3) is 33.9 Å². The lowest BCUT2D eigenvalue weighted by Gasteiger charge is -2.05. The van der Waals surface area contributed by atoms with Gasteiger partial charge >= 0.3 is 0 Å². The minimum atomic E-state index is -0.464. The minimum Gasteiger partial charge on any atom is -0.496 e. The summed E-state index contributed by atoms with van der Waals surface area (Å²) in [7, 11) is 1.46. The monoisotopic (exact) mass is 335 g/mol. The predicted molar refractivity (Wildman–Crippen MR) is 92.4 cm³/mol. The van der Waals surface area contributed by atoms with E-state index in [1.54, 1.807) is 18.2 Å². The Bertz CT molecular complexity index is 1050. The molecule has 0 bridgehead atoms. The first-order valence-corrected chi connectivity index (χ1v) is 7.53. The summed E-state index contributed by atoms with van der Waals surface area (Å²) in [5, 5.41) is 10.9. The van der Waals surface area contributed by atoms with E-state index < -0.39 is 4.92 Å². The van der Waals surface area contributed by atoms with E-state index >= 15 is 0 Å². The standard InChI is InChI=1S/C18H13N3O4/c1-24-17-10-11(21(22)23)6-7-12(17)15-8-9-16(25-15)18-19-13-4-2-3-5-14(13)20-18/h2-10H,1H3,(H,19,20). The lowest BCUT2D eigenvalue weighted by molar-refractivity contribution is -0.384. The molecule has 0 atom stereocenters. The van der Waals surface area contributed by atoms with Crippen LogP contribution in [0.3, 0.4) is 0 Å². The maximum absolute atomic E-state index is 10.9. The van der Waals surface area contributed by atoms with Crippen molar-refractivity contribution in [3.05, 3.63) is 64.7 Å². The topological polar surface area (TPSA) is 94.2 Å². The van der Waals surface area contributed by atoms with Crippen molar-refractivity contribution in [1.82, 2.24) is 9.97 Å². The van der Waals surface area contributed by atoms with Gasteiger partial charge in [-0.1, -0.05) is 12.1 Å². The van der Waals surface area contributed by atoms with Crippen LogP contribution in [0.15, 0.2) is 59.0 Å². The van der Waals surface area contributed by atoms with Crippen LogP contribution >= 0.6 is 0 Å². The Balaban J connectivity index is 1.75. The Kier molecular flexibility index (Phi) is 3.46. The first-order valence-electron chi connectivity index (χ1n) is 7.53. The molecule has 25 heavy (non-hydrogen) atoms. The summed E-state index contributed by atoms with van der Waals surface area (Å²) in [6.07, 6.45) is 0. The number of imidazole rings is 1. The number of non-ortho nitro benzene ring substituents is 1. The Labute approximate surface area is 142 Å². The number of furan rings is 1. The molecule has 0 radical (unpaired) electrons. The zero-order valence-electron chi connectivity index (χ0n) is 13.2. The van der Waals surface area contributed by atoms with Crippen molar-refractivity contribution in [3.8, 4) is 28.7 Å². The van der Waals surface area contributed by atoms with Gasteiger partial charge in [-0.2, -0.15) is 0 Å². The van der Waals surface area contributed by atoms with Crippen LogP contribution in [0.5, 0.6) is 5.75 Å². The Morgan fingerprint density at radius 1 is 1.12 bits per heavy atom. The van der Waals surface area contributed by atoms with Gasteiger partial charge in [0.25, 0.3) is 5.69 Å². The molecule has 0 fully saturated rings. The quantitative estimate of drug-likeness (QED) is 0.440. The van der Waals surface area contributed by atoms with Gasteiger partial charge in [-0.25, -0.2) is 4.98 Å². The van der Waals surface area contributed by atoms with E-state index in [0.717, 1.165) is 11.0 Å². The second-order valence-corrected chi connectivity index (χ2v) is 5.41. The normalized spacial score (nSPS) is 10.9. The molecule has 1 N–H and O–H groups in total. The van der Waals surface area contributed by atoms with E-state index in [2.05, 4.69) is 9.97 Å². The van der Waals surface area contributed by atoms with Gasteiger partial charge in [-0.3, -0.25) is 10.1 Å². The van der Waals surface area contributed by atoms with Crippen LogP contribution in [-0.2, 0) is 0 Å². The molecule has 2 aromatic heterocycles. The SMILES string of the molecule is COc1cc([N+](=O)[O-])ccc1-c1ccc(-c2nc3ccccc3[nH]2)o1. The van der Waals surface area contributed by atoms with Crippen molar-refractivity contribution in [2.45, 2.75) is 0 Å². The lowest BCUT2D eigenvalue weighted by Crippen LogP contribution is -1.92. The number of nitrogens with zero attached hydrogens (tertiary/aromatic N) is 2. The fraction of sp³-hybridized carbons (Fsp3) is 0.0556. The summed E-state index contributed by atoms with van der Waals surface area (Å²) in [5.74, 6) is 2.11. The van der Waals surface area contributed by atoms with E-state index in [4.69, 9.17) is 9.15 Å². The van der Waals surface area contributed by atoms with Crippen LogP contribution in [0, 0.1) is 10.1 Å². The molecule has 0 aliphatic rings. The molecule has 0 saturated carbocycles. The lowest BCUT2D eigenvalue weighted by atomic mass is 10.1. The van der Waals surface area contributed by atoms with Gasteiger partial charge in [0.1, 0.15) is 11.5 Å². The van der Waals surface area contributed by atoms with E-state index in [0.29, 0.717) is 28.7 Å². The molecule has 4 rings (SSSR count). The Hall–Kier alpha value is -3.61. The molecule has 2 aromatic carbocycles. The van der Waals surface area contributed by atoms with Crippen LogP contribution in [0.1, 0.15) is 0 Å². The minimum absolute atomic E-state index is 0.0373. The van der Waals surface area contributed by atoms with Crippen molar-refractivity contribution in [1.29, 1.82) is 0 Å². The van der Waals surface area contributed by atoms with Gasteiger partial charge in [0.05, 0.1) is 34.7 Å². The second kappa shape index (κ2) is 5.79. The number of nitrogens with one attached hydrogen (secondary N) is 1. The molecule has 0 spiro atoms. The van der Waals surface area contributed by atoms with Crippen LogP contribution < -0.4 is 4.74 Å². The number of rotatable bonds is 4. The highest BCUT2D eigenvalue weighted by atomic mass is 16.6. The van der Waals surface area contributed by atoms with E-state index in [1.807, 2.05) is 24.3 Å². The highest BCUT2D eigenvalue weighted by molar-refractivity contribution is 5.79. The van der Waals surface area contributed by atoms with Gasteiger partial charge in [0, 0.05) is 6.07 Å². The summed E-state index contributed by atoms with van der Waals surface area (Å²) in [6.45, 7) is 0. The zero-order valence-corrected chi connectivity index (χ0v) is 13.2. The molecule has 0 aliphatic heterocycles. The number of fused-ring (bicyclic) bond motifs is 1. The third-order valence-electron chi connectivity index (χ3n) is 3.89. The van der Waals surface area contributed by atoms with E-state index in [9.17, 15) is 10.1 Å². The number of benzene rings is 2. The second-order valence-electron chi connectivity index (χ2n) is 5.41. The molecule has 4 aromatic rings. The van der Waals surface area contributed by atoms with E-state index in [-0.39, 0.29) is 5.69 Å². The van der Waals surface area contributed by atoms with Gasteiger partial charge in [-0.15, -0.1) is 0 Å². The Morgan fingerprint density at radius 2 is 1.92 bits per heavy atom. The molecule has 0 saturated heterocycles. The summed E-state index contributed by atoms with van der Waals surface area (Å²) in [4.78, 5) is 18.1. The molecule has 2 heterocycles. The van der Waals surface area contributed by atoms with Crippen LogP contribution in [-0.4, -0.2) is 22.0 Å². The number of hydrogen-bond donors (Lipinski definition) is 1. The number of aromatic amines is 1. The fourth-order valence-corrected chi connectivity index (χ4v) is 2.68. The van der Waals surface area contributed by atoms with Crippen molar-refractivity contribution in [2.75, 3.05) is 7.11 Å². The molecular weight excluding hydrogens is 322 g/mol. The number of H-pyrrole nitrogens is 1. The number of nitro benzene ring substituents is 1. The molecular formula is C18H13N3O4. The molecule has 124 valence electrons. The van der Waals surface area contributed by atoms with Gasteiger partial charge in [0.15, 0.2) is 11.6 Å². The fourth-order valence-electron chi connectivity index (χ4n) is 2.68. The number of para-hydroxylation sites is 2.